The van der Waals surface area contributed by atoms with Gasteiger partial charge in [0.15, 0.2) is 0 Å². The Morgan fingerprint density at radius 2 is 2.29 bits per heavy atom. The first kappa shape index (κ1) is 9.65. The van der Waals surface area contributed by atoms with Crippen LogP contribution in [0.25, 0.3) is 0 Å². The number of rotatable bonds is 2. The number of likely N-dealkylation sites (tertiary alicyclic amines) is 1. The van der Waals surface area contributed by atoms with Crippen LogP contribution >= 0.6 is 0 Å². The molecule has 0 aromatic carbocycles. The number of amides is 1. The van der Waals surface area contributed by atoms with Gasteiger partial charge in [-0.1, -0.05) is 12.2 Å². The zero-order valence-corrected chi connectivity index (χ0v) is 9.20. The van der Waals surface area contributed by atoms with E-state index in [1.807, 2.05) is 11.0 Å². The number of nitrogens with zero attached hydrogens (tertiary/aromatic N) is 1. The van der Waals surface area contributed by atoms with Gasteiger partial charge >= 0.3 is 5.97 Å². The number of carbonyl (C=O) groups excluding carboxylic acids is 1. The van der Waals surface area contributed by atoms with Crippen LogP contribution in [0.2, 0.25) is 0 Å². The Morgan fingerprint density at radius 1 is 1.53 bits per heavy atom. The summed E-state index contributed by atoms with van der Waals surface area (Å²) in [7, 11) is 0. The fraction of sp³-hybridized carbons (Fsp3) is 0.667. The summed E-state index contributed by atoms with van der Waals surface area (Å²) in [5.41, 5.74) is -0.645. The van der Waals surface area contributed by atoms with E-state index in [4.69, 9.17) is 4.74 Å². The molecule has 0 aromatic heterocycles. The molecular formula is C12H13NO4. The average molecular weight is 235 g/mol. The summed E-state index contributed by atoms with van der Waals surface area (Å²) in [6.45, 7) is 0.540. The number of carboxylic acids is 1. The molecule has 4 aliphatic rings. The Kier molecular flexibility index (Phi) is 1.54. The summed E-state index contributed by atoms with van der Waals surface area (Å²) in [6, 6.07) is 0.327. The number of carbonyl (C=O) groups is 2. The highest BCUT2D eigenvalue weighted by Gasteiger charge is 2.68. The predicted molar refractivity (Wildman–Crippen MR) is 56.1 cm³/mol. The van der Waals surface area contributed by atoms with Gasteiger partial charge in [0, 0.05) is 6.04 Å². The average Bonchev–Trinajstić information content (AvgIpc) is 2.89. The quantitative estimate of drug-likeness (QED) is 0.685. The minimum Gasteiger partial charge on any atom is -0.481 e. The highest BCUT2D eigenvalue weighted by atomic mass is 16.5. The van der Waals surface area contributed by atoms with E-state index in [1.165, 1.54) is 0 Å². The van der Waals surface area contributed by atoms with Gasteiger partial charge in [0.25, 0.3) is 0 Å². The normalized spacial score (nSPS) is 46.7. The molecule has 0 radical (unpaired) electrons. The first-order chi connectivity index (χ1) is 8.12. The van der Waals surface area contributed by atoms with Crippen molar-refractivity contribution in [1.82, 2.24) is 4.90 Å². The van der Waals surface area contributed by atoms with E-state index in [1.54, 1.807) is 6.08 Å². The van der Waals surface area contributed by atoms with E-state index < -0.39 is 29.5 Å². The molecule has 1 aliphatic carbocycles. The van der Waals surface area contributed by atoms with Crippen LogP contribution in [0, 0.1) is 11.8 Å². The first-order valence-corrected chi connectivity index (χ1v) is 6.03. The second kappa shape index (κ2) is 2.72. The Hall–Kier alpha value is -1.36. The van der Waals surface area contributed by atoms with Crippen LogP contribution in [-0.4, -0.2) is 46.2 Å². The monoisotopic (exact) mass is 235 g/mol. The van der Waals surface area contributed by atoms with E-state index in [0.717, 1.165) is 12.8 Å². The van der Waals surface area contributed by atoms with Crippen molar-refractivity contribution in [3.63, 3.8) is 0 Å². The summed E-state index contributed by atoms with van der Waals surface area (Å²) in [5.74, 6) is -2.14. The van der Waals surface area contributed by atoms with Crippen molar-refractivity contribution in [2.24, 2.45) is 11.8 Å². The zero-order chi connectivity index (χ0) is 11.8. The highest BCUT2D eigenvalue weighted by Crippen LogP contribution is 2.53. The van der Waals surface area contributed by atoms with Crippen molar-refractivity contribution in [2.45, 2.75) is 30.6 Å². The minimum atomic E-state index is -0.919. The molecule has 0 unspecified atom stereocenters. The first-order valence-electron chi connectivity index (χ1n) is 6.03. The van der Waals surface area contributed by atoms with Crippen LogP contribution in [0.3, 0.4) is 0 Å². The van der Waals surface area contributed by atoms with Crippen LogP contribution < -0.4 is 0 Å². The number of hydrogen-bond donors (Lipinski definition) is 1. The third-order valence-corrected chi connectivity index (χ3v) is 4.40. The molecule has 5 nitrogen and oxygen atoms in total. The lowest BCUT2D eigenvalue weighted by Crippen LogP contribution is -2.39. The van der Waals surface area contributed by atoms with Gasteiger partial charge in [0.1, 0.15) is 11.5 Å². The number of aliphatic carboxylic acids is 1. The highest BCUT2D eigenvalue weighted by molar-refractivity contribution is 5.91. The molecule has 1 spiro atoms. The van der Waals surface area contributed by atoms with Gasteiger partial charge in [-0.2, -0.15) is 0 Å². The van der Waals surface area contributed by atoms with E-state index in [0.29, 0.717) is 12.6 Å². The Labute approximate surface area is 98.0 Å². The van der Waals surface area contributed by atoms with Gasteiger partial charge in [0.2, 0.25) is 5.91 Å². The topological polar surface area (TPSA) is 66.8 Å². The predicted octanol–water partition coefficient (Wildman–Crippen LogP) is 0.0154. The number of carboxylic acid groups (broad SMARTS) is 1. The molecule has 5 heteroatoms. The van der Waals surface area contributed by atoms with Gasteiger partial charge in [-0.05, 0) is 12.8 Å². The molecule has 1 N–H and O–H groups in total. The van der Waals surface area contributed by atoms with Crippen molar-refractivity contribution in [2.75, 3.05) is 6.54 Å². The van der Waals surface area contributed by atoms with E-state index in [2.05, 4.69) is 0 Å². The van der Waals surface area contributed by atoms with E-state index in [-0.39, 0.29) is 5.91 Å². The van der Waals surface area contributed by atoms with E-state index in [9.17, 15) is 14.7 Å². The molecule has 4 atom stereocenters. The number of hydrogen-bond acceptors (Lipinski definition) is 3. The molecule has 90 valence electrons. The summed E-state index contributed by atoms with van der Waals surface area (Å²) in [4.78, 5) is 25.4. The third-order valence-electron chi connectivity index (χ3n) is 4.40. The second-order valence-electron chi connectivity index (χ2n) is 5.44. The van der Waals surface area contributed by atoms with Crippen LogP contribution in [0.15, 0.2) is 12.2 Å². The van der Waals surface area contributed by atoms with Crippen molar-refractivity contribution in [3.05, 3.63) is 12.2 Å². The smallest absolute Gasteiger partial charge is 0.310 e. The van der Waals surface area contributed by atoms with Gasteiger partial charge in [0.05, 0.1) is 18.6 Å². The molecule has 2 bridgehead atoms. The number of ether oxygens (including phenoxy) is 1. The maximum absolute atomic E-state index is 12.3. The SMILES string of the molecule is O=C(O)[C@H]1[C@@H]2C=C[C@@]3(CN(C4CC4)C(=O)[C@@H]13)O2. The molecular weight excluding hydrogens is 222 g/mol. The maximum atomic E-state index is 12.3. The maximum Gasteiger partial charge on any atom is 0.310 e. The molecule has 17 heavy (non-hydrogen) atoms. The molecule has 4 rings (SSSR count). The fourth-order valence-corrected chi connectivity index (χ4v) is 3.51. The zero-order valence-electron chi connectivity index (χ0n) is 9.20. The van der Waals surface area contributed by atoms with Crippen molar-refractivity contribution in [3.8, 4) is 0 Å². The van der Waals surface area contributed by atoms with Gasteiger partial charge in [-0.15, -0.1) is 0 Å². The van der Waals surface area contributed by atoms with Gasteiger partial charge in [-0.3, -0.25) is 9.59 Å². The lowest BCUT2D eigenvalue weighted by Gasteiger charge is -2.21. The van der Waals surface area contributed by atoms with Crippen molar-refractivity contribution < 1.29 is 19.4 Å². The Bertz CT molecular complexity index is 455. The Balaban J connectivity index is 1.76. The van der Waals surface area contributed by atoms with Crippen LogP contribution in [0.4, 0.5) is 0 Å². The molecule has 2 saturated heterocycles. The summed E-state index contributed by atoms with van der Waals surface area (Å²) in [6.07, 6.45) is 5.38. The standard InChI is InChI=1S/C12H13NO4/c14-10-9-8(11(15)16)7-3-4-12(9,17-7)5-13(10)6-1-2-6/h3-4,6-9H,1-2,5H2,(H,15,16)/t7-,8-,9+,12-/m0/s1. The van der Waals surface area contributed by atoms with Crippen LogP contribution in [-0.2, 0) is 14.3 Å². The van der Waals surface area contributed by atoms with E-state index >= 15 is 0 Å². The largest absolute Gasteiger partial charge is 0.481 e. The lowest BCUT2D eigenvalue weighted by molar-refractivity contribution is -0.148. The third kappa shape index (κ3) is 1.03. The molecule has 0 aromatic rings. The van der Waals surface area contributed by atoms with Gasteiger partial charge < -0.3 is 14.7 Å². The lowest BCUT2D eigenvalue weighted by atomic mass is 9.77. The van der Waals surface area contributed by atoms with Crippen LogP contribution in [0.1, 0.15) is 12.8 Å². The van der Waals surface area contributed by atoms with Gasteiger partial charge in [-0.25, -0.2) is 0 Å². The van der Waals surface area contributed by atoms with Crippen molar-refractivity contribution in [1.29, 1.82) is 0 Å². The van der Waals surface area contributed by atoms with Crippen LogP contribution in [0.5, 0.6) is 0 Å². The molecule has 1 saturated carbocycles. The molecule has 1 amide bonds. The molecule has 3 aliphatic heterocycles. The van der Waals surface area contributed by atoms with Crippen molar-refractivity contribution >= 4 is 11.9 Å². The minimum absolute atomic E-state index is 0.0215. The number of fused-ring (bicyclic) bond motifs is 1. The molecule has 3 heterocycles. The summed E-state index contributed by atoms with van der Waals surface area (Å²) < 4.78 is 5.78. The Morgan fingerprint density at radius 3 is 2.94 bits per heavy atom. The summed E-state index contributed by atoms with van der Waals surface area (Å²) in [5, 5.41) is 9.25. The molecule has 3 fully saturated rings. The summed E-state index contributed by atoms with van der Waals surface area (Å²) >= 11 is 0. The fourth-order valence-electron chi connectivity index (χ4n) is 3.51. The second-order valence-corrected chi connectivity index (χ2v) is 5.44.